The molecule has 0 aliphatic rings. The molecule has 0 saturated heterocycles. The van der Waals surface area contributed by atoms with Gasteiger partial charge in [0.05, 0.1) is 6.54 Å². The van der Waals surface area contributed by atoms with Crippen LogP contribution in [0.15, 0.2) is 0 Å². The second kappa shape index (κ2) is 4.15. The zero-order chi connectivity index (χ0) is 5.70. The lowest BCUT2D eigenvalue weighted by Crippen LogP contribution is -2.18. The molecule has 0 heterocycles. The van der Waals surface area contributed by atoms with Crippen molar-refractivity contribution >= 4 is 18.4 Å². The normalized spacial score (nSPS) is 8.86. The lowest BCUT2D eigenvalue weighted by molar-refractivity contribution is -0.116. The van der Waals surface area contributed by atoms with E-state index in [-0.39, 0.29) is 5.78 Å². The van der Waals surface area contributed by atoms with Crippen LogP contribution >= 0.6 is 12.6 Å². The number of hydrogen-bond acceptors (Lipinski definition) is 3. The Morgan fingerprint density at radius 2 is 2.43 bits per heavy atom. The van der Waals surface area contributed by atoms with E-state index in [1.807, 2.05) is 0 Å². The molecule has 42 valence electrons. The summed E-state index contributed by atoms with van der Waals surface area (Å²) in [4.78, 5) is 10.1. The first-order chi connectivity index (χ1) is 3.27. The number of rotatable bonds is 3. The Balaban J connectivity index is 2.82. The number of nitrogens with one attached hydrogen (secondary N) is 1. The molecule has 1 N–H and O–H groups in total. The Bertz CT molecular complexity index is 64.7. The van der Waals surface area contributed by atoms with Crippen LogP contribution in [0.3, 0.4) is 0 Å². The molecule has 0 fully saturated rings. The molecular weight excluding hydrogens is 110 g/mol. The monoisotopic (exact) mass is 119 g/mol. The minimum atomic E-state index is 0.147. The summed E-state index contributed by atoms with van der Waals surface area (Å²) in [5.41, 5.74) is 0. The molecule has 0 rings (SSSR count). The first-order valence-corrected chi connectivity index (χ1v) is 2.71. The maximum absolute atomic E-state index is 10.1. The average molecular weight is 119 g/mol. The number of thiol groups is 1. The summed E-state index contributed by atoms with van der Waals surface area (Å²) in [5, 5.41) is 2.76. The molecule has 0 atom stereocenters. The summed E-state index contributed by atoms with van der Waals surface area (Å²) < 4.78 is 0. The predicted molar refractivity (Wildman–Crippen MR) is 32.5 cm³/mol. The van der Waals surface area contributed by atoms with Crippen molar-refractivity contribution in [2.45, 2.75) is 6.92 Å². The van der Waals surface area contributed by atoms with Gasteiger partial charge in [-0.25, -0.2) is 0 Å². The molecule has 0 radical (unpaired) electrons. The van der Waals surface area contributed by atoms with E-state index in [2.05, 4.69) is 17.9 Å². The van der Waals surface area contributed by atoms with Crippen molar-refractivity contribution in [2.24, 2.45) is 0 Å². The van der Waals surface area contributed by atoms with Crippen LogP contribution in [-0.2, 0) is 4.79 Å². The number of carbonyl (C=O) groups excluding carboxylic acids is 1. The molecule has 0 aliphatic carbocycles. The third-order valence-corrected chi connectivity index (χ3v) is 0.709. The van der Waals surface area contributed by atoms with Gasteiger partial charge in [-0.05, 0) is 6.92 Å². The van der Waals surface area contributed by atoms with Crippen LogP contribution in [-0.4, -0.2) is 18.2 Å². The van der Waals surface area contributed by atoms with Crippen molar-refractivity contribution in [1.29, 1.82) is 0 Å². The molecule has 0 aliphatic heterocycles. The SMILES string of the molecule is CC(=O)CNCS. The lowest BCUT2D eigenvalue weighted by atomic mass is 10.5. The molecule has 2 nitrogen and oxygen atoms in total. The highest BCUT2D eigenvalue weighted by atomic mass is 32.1. The zero-order valence-electron chi connectivity index (χ0n) is 4.27. The Kier molecular flexibility index (Phi) is 4.14. The Morgan fingerprint density at radius 1 is 1.86 bits per heavy atom. The third-order valence-electron chi connectivity index (χ3n) is 0.486. The summed E-state index contributed by atoms with van der Waals surface area (Å²) in [6, 6.07) is 0. The molecule has 0 saturated carbocycles. The smallest absolute Gasteiger partial charge is 0.143 e. The summed E-state index contributed by atoms with van der Waals surface area (Å²) in [5.74, 6) is 0.716. The van der Waals surface area contributed by atoms with Crippen molar-refractivity contribution in [3.8, 4) is 0 Å². The van der Waals surface area contributed by atoms with Crippen LogP contribution in [0.4, 0.5) is 0 Å². The maximum atomic E-state index is 10.1. The molecule has 0 spiro atoms. The predicted octanol–water partition coefficient (Wildman–Crippen LogP) is 0.0523. The van der Waals surface area contributed by atoms with Gasteiger partial charge in [0, 0.05) is 5.88 Å². The van der Waals surface area contributed by atoms with Crippen molar-refractivity contribution < 1.29 is 4.79 Å². The number of carbonyl (C=O) groups is 1. The van der Waals surface area contributed by atoms with Crippen molar-refractivity contribution in [2.75, 3.05) is 12.4 Å². The standard InChI is InChI=1S/C4H9NOS/c1-4(6)2-5-3-7/h5,7H,2-3H2,1H3. The van der Waals surface area contributed by atoms with Crippen LogP contribution in [0.5, 0.6) is 0 Å². The minimum absolute atomic E-state index is 0.147. The van der Waals surface area contributed by atoms with Gasteiger partial charge in [0.1, 0.15) is 5.78 Å². The van der Waals surface area contributed by atoms with Gasteiger partial charge in [-0.2, -0.15) is 12.6 Å². The van der Waals surface area contributed by atoms with E-state index in [9.17, 15) is 4.79 Å². The summed E-state index contributed by atoms with van der Waals surface area (Å²) in [6.45, 7) is 1.97. The maximum Gasteiger partial charge on any atom is 0.143 e. The minimum Gasteiger partial charge on any atom is -0.301 e. The Labute approximate surface area is 48.7 Å². The fourth-order valence-corrected chi connectivity index (χ4v) is 0.344. The van der Waals surface area contributed by atoms with E-state index in [0.717, 1.165) is 0 Å². The van der Waals surface area contributed by atoms with Gasteiger partial charge in [-0.1, -0.05) is 0 Å². The van der Waals surface area contributed by atoms with E-state index in [1.165, 1.54) is 6.92 Å². The second-order valence-corrected chi connectivity index (χ2v) is 1.60. The summed E-state index contributed by atoms with van der Waals surface area (Å²) in [6.07, 6.45) is 0. The highest BCUT2D eigenvalue weighted by Crippen LogP contribution is 1.65. The molecule has 7 heavy (non-hydrogen) atoms. The van der Waals surface area contributed by atoms with Gasteiger partial charge < -0.3 is 5.32 Å². The van der Waals surface area contributed by atoms with Crippen LogP contribution in [0.2, 0.25) is 0 Å². The van der Waals surface area contributed by atoms with Gasteiger partial charge >= 0.3 is 0 Å². The molecule has 0 bridgehead atoms. The lowest BCUT2D eigenvalue weighted by Gasteiger charge is -1.91. The second-order valence-electron chi connectivity index (χ2n) is 1.29. The molecule has 0 aromatic carbocycles. The van der Waals surface area contributed by atoms with E-state index in [4.69, 9.17) is 0 Å². The highest BCUT2D eigenvalue weighted by molar-refractivity contribution is 7.80. The van der Waals surface area contributed by atoms with Crippen LogP contribution < -0.4 is 5.32 Å². The molecule has 0 aromatic rings. The van der Waals surface area contributed by atoms with Crippen molar-refractivity contribution in [3.05, 3.63) is 0 Å². The van der Waals surface area contributed by atoms with E-state index < -0.39 is 0 Å². The highest BCUT2D eigenvalue weighted by Gasteiger charge is 1.85. The largest absolute Gasteiger partial charge is 0.301 e. The van der Waals surface area contributed by atoms with Gasteiger partial charge in [0.25, 0.3) is 0 Å². The number of ketones is 1. The van der Waals surface area contributed by atoms with Crippen molar-refractivity contribution in [1.82, 2.24) is 5.32 Å². The topological polar surface area (TPSA) is 29.1 Å². The molecule has 0 aromatic heterocycles. The number of Topliss-reactive ketones (excluding diaryl/α,β-unsaturated/α-hetero) is 1. The van der Waals surface area contributed by atoms with Crippen LogP contribution in [0, 0.1) is 0 Å². The Morgan fingerprint density at radius 3 is 2.57 bits per heavy atom. The van der Waals surface area contributed by atoms with E-state index in [0.29, 0.717) is 12.4 Å². The van der Waals surface area contributed by atoms with Crippen LogP contribution in [0.1, 0.15) is 6.92 Å². The van der Waals surface area contributed by atoms with Crippen molar-refractivity contribution in [3.63, 3.8) is 0 Å². The molecule has 0 amide bonds. The fraction of sp³-hybridized carbons (Fsp3) is 0.750. The fourth-order valence-electron chi connectivity index (χ4n) is 0.232. The van der Waals surface area contributed by atoms with Gasteiger partial charge in [0.15, 0.2) is 0 Å². The van der Waals surface area contributed by atoms with Gasteiger partial charge in [-0.15, -0.1) is 0 Å². The van der Waals surface area contributed by atoms with E-state index in [1.54, 1.807) is 0 Å². The average Bonchev–Trinajstić information content (AvgIpc) is 1.61. The Hall–Kier alpha value is -0.0200. The molecular formula is C4H9NOS. The van der Waals surface area contributed by atoms with Crippen LogP contribution in [0.25, 0.3) is 0 Å². The molecule has 0 unspecified atom stereocenters. The first-order valence-electron chi connectivity index (χ1n) is 2.08. The van der Waals surface area contributed by atoms with Gasteiger partial charge in [-0.3, -0.25) is 4.79 Å². The zero-order valence-corrected chi connectivity index (χ0v) is 5.16. The third kappa shape index (κ3) is 5.98. The quantitative estimate of drug-likeness (QED) is 0.406. The summed E-state index contributed by atoms with van der Waals surface area (Å²) >= 11 is 3.83. The number of hydrogen-bond donors (Lipinski definition) is 2. The van der Waals surface area contributed by atoms with E-state index >= 15 is 0 Å². The van der Waals surface area contributed by atoms with Gasteiger partial charge in [0.2, 0.25) is 0 Å². The summed E-state index contributed by atoms with van der Waals surface area (Å²) in [7, 11) is 0. The first kappa shape index (κ1) is 6.98. The molecule has 3 heteroatoms.